The van der Waals surface area contributed by atoms with E-state index in [1.54, 1.807) is 6.08 Å². The third-order valence-corrected chi connectivity index (χ3v) is 2.67. The van der Waals surface area contributed by atoms with E-state index < -0.39 is 22.3 Å². The van der Waals surface area contributed by atoms with Crippen molar-refractivity contribution in [2.24, 2.45) is 5.92 Å². The molecule has 2 atom stereocenters. The lowest BCUT2D eigenvalue weighted by Crippen LogP contribution is -2.38. The lowest BCUT2D eigenvalue weighted by molar-refractivity contribution is -0.139. The predicted octanol–water partition coefficient (Wildman–Crippen LogP) is 1.18. The van der Waals surface area contributed by atoms with Crippen molar-refractivity contribution in [1.82, 2.24) is 0 Å². The lowest BCUT2D eigenvalue weighted by Gasteiger charge is -2.23. The Morgan fingerprint density at radius 3 is 2.50 bits per heavy atom. The van der Waals surface area contributed by atoms with E-state index in [1.807, 2.05) is 0 Å². The summed E-state index contributed by atoms with van der Waals surface area (Å²) < 4.78 is -1.92. The second-order valence-corrected chi connectivity index (χ2v) is 4.07. The molecule has 68 valence electrons. The van der Waals surface area contributed by atoms with Gasteiger partial charge in [0.1, 0.15) is 0 Å². The van der Waals surface area contributed by atoms with Gasteiger partial charge in [0.25, 0.3) is 0 Å². The van der Waals surface area contributed by atoms with E-state index >= 15 is 0 Å². The number of aliphatic hydroxyl groups is 1. The second kappa shape index (κ2) is 3.24. The van der Waals surface area contributed by atoms with E-state index in [9.17, 15) is 9.90 Å². The molecule has 5 heteroatoms. The first kappa shape index (κ1) is 9.84. The minimum atomic E-state index is -1.92. The van der Waals surface area contributed by atoms with E-state index in [1.165, 1.54) is 6.08 Å². The number of aliphatic hydroxyl groups excluding tert-OH is 1. The minimum Gasteiger partial charge on any atom is -0.479 e. The molecular weight excluding hydrogens is 203 g/mol. The van der Waals surface area contributed by atoms with Crippen LogP contribution in [-0.4, -0.2) is 26.6 Å². The third-order valence-electron chi connectivity index (χ3n) is 1.84. The summed E-state index contributed by atoms with van der Waals surface area (Å²) in [5.74, 6) is -2.06. The fraction of sp³-hybridized carbons (Fsp3) is 0.571. The molecule has 0 fully saturated rings. The topological polar surface area (TPSA) is 57.5 Å². The van der Waals surface area contributed by atoms with Gasteiger partial charge >= 0.3 is 5.97 Å². The van der Waals surface area contributed by atoms with Crippen LogP contribution in [0, 0.1) is 5.92 Å². The third kappa shape index (κ3) is 1.58. The Balaban J connectivity index is 2.81. The zero-order valence-corrected chi connectivity index (χ0v) is 7.59. The monoisotopic (exact) mass is 210 g/mol. The average molecular weight is 211 g/mol. The maximum Gasteiger partial charge on any atom is 0.340 e. The first-order valence-electron chi connectivity index (χ1n) is 3.42. The van der Waals surface area contributed by atoms with Crippen molar-refractivity contribution in [3.8, 4) is 0 Å². The quantitative estimate of drug-likeness (QED) is 0.532. The Kier molecular flexibility index (Phi) is 2.66. The van der Waals surface area contributed by atoms with Crippen LogP contribution in [0.4, 0.5) is 0 Å². The zero-order chi connectivity index (χ0) is 9.35. The maximum atomic E-state index is 10.5. The number of carbonyl (C=O) groups is 1. The zero-order valence-electron chi connectivity index (χ0n) is 6.08. The maximum absolute atomic E-state index is 10.5. The van der Waals surface area contributed by atoms with E-state index in [-0.39, 0.29) is 0 Å². The first-order chi connectivity index (χ1) is 5.46. The van der Waals surface area contributed by atoms with Crippen LogP contribution < -0.4 is 0 Å². The summed E-state index contributed by atoms with van der Waals surface area (Å²) in [6, 6.07) is 0. The summed E-state index contributed by atoms with van der Waals surface area (Å²) >= 11 is 11.1. The number of alkyl halides is 2. The predicted molar refractivity (Wildman–Crippen MR) is 45.3 cm³/mol. The van der Waals surface area contributed by atoms with Crippen molar-refractivity contribution in [2.45, 2.75) is 16.9 Å². The van der Waals surface area contributed by atoms with Crippen molar-refractivity contribution in [3.05, 3.63) is 12.2 Å². The molecule has 1 rings (SSSR count). The van der Waals surface area contributed by atoms with Gasteiger partial charge in [-0.1, -0.05) is 35.4 Å². The summed E-state index contributed by atoms with van der Waals surface area (Å²) in [6.45, 7) is 0. The highest BCUT2D eigenvalue weighted by molar-refractivity contribution is 6.57. The van der Waals surface area contributed by atoms with Crippen molar-refractivity contribution in [2.75, 3.05) is 0 Å². The van der Waals surface area contributed by atoms with E-state index in [0.29, 0.717) is 6.42 Å². The second-order valence-electron chi connectivity index (χ2n) is 2.69. The van der Waals surface area contributed by atoms with Crippen LogP contribution in [-0.2, 0) is 4.79 Å². The molecule has 0 unspecified atom stereocenters. The molecule has 1 aliphatic carbocycles. The highest BCUT2D eigenvalue weighted by Gasteiger charge is 2.46. The largest absolute Gasteiger partial charge is 0.479 e. The van der Waals surface area contributed by atoms with Crippen molar-refractivity contribution in [3.63, 3.8) is 0 Å². The Labute approximate surface area is 79.6 Å². The molecule has 0 saturated carbocycles. The van der Waals surface area contributed by atoms with Crippen LogP contribution in [0.2, 0.25) is 0 Å². The number of halogens is 2. The van der Waals surface area contributed by atoms with Gasteiger partial charge in [-0.05, 0) is 6.42 Å². The highest BCUT2D eigenvalue weighted by Crippen LogP contribution is 2.37. The fourth-order valence-electron chi connectivity index (χ4n) is 1.14. The van der Waals surface area contributed by atoms with Gasteiger partial charge in [-0.15, -0.1) is 0 Å². The Morgan fingerprint density at radius 2 is 2.17 bits per heavy atom. The van der Waals surface area contributed by atoms with Crippen LogP contribution in [0.1, 0.15) is 6.42 Å². The molecule has 0 aromatic rings. The van der Waals surface area contributed by atoms with Crippen LogP contribution in [0.5, 0.6) is 0 Å². The van der Waals surface area contributed by atoms with Crippen molar-refractivity contribution < 1.29 is 15.0 Å². The summed E-state index contributed by atoms with van der Waals surface area (Å²) in [6.07, 6.45) is 2.80. The van der Waals surface area contributed by atoms with Crippen LogP contribution in [0.15, 0.2) is 12.2 Å². The molecular formula is C7H8Cl2O3. The SMILES string of the molecule is O=C(O)C(Cl)(Cl)[C@@H]1C=CC[C@@H]1O. The Bertz CT molecular complexity index is 225. The first-order valence-corrected chi connectivity index (χ1v) is 4.17. The van der Waals surface area contributed by atoms with Gasteiger partial charge in [0, 0.05) is 5.92 Å². The van der Waals surface area contributed by atoms with Gasteiger partial charge in [0.2, 0.25) is 4.33 Å². The molecule has 0 radical (unpaired) electrons. The van der Waals surface area contributed by atoms with Gasteiger partial charge in [-0.25, -0.2) is 4.79 Å². The Morgan fingerprint density at radius 1 is 1.58 bits per heavy atom. The molecule has 0 amide bonds. The lowest BCUT2D eigenvalue weighted by atomic mass is 10.0. The fourth-order valence-corrected chi connectivity index (χ4v) is 1.58. The molecule has 3 nitrogen and oxygen atoms in total. The Hall–Kier alpha value is -0.250. The molecule has 0 bridgehead atoms. The normalized spacial score (nSPS) is 29.2. The van der Waals surface area contributed by atoms with Crippen molar-refractivity contribution in [1.29, 1.82) is 0 Å². The molecule has 1 aliphatic rings. The molecule has 0 saturated heterocycles. The standard InChI is InChI=1S/C7H8Cl2O3/c8-7(9,6(11)12)4-2-1-3-5(4)10/h1-2,4-5,10H,3H2,(H,11,12)/t4-,5+/m1/s1. The molecule has 0 heterocycles. The average Bonchev–Trinajstić information content (AvgIpc) is 2.35. The van der Waals surface area contributed by atoms with Gasteiger partial charge < -0.3 is 10.2 Å². The van der Waals surface area contributed by atoms with Crippen LogP contribution in [0.25, 0.3) is 0 Å². The van der Waals surface area contributed by atoms with E-state index in [4.69, 9.17) is 28.3 Å². The van der Waals surface area contributed by atoms with E-state index in [2.05, 4.69) is 0 Å². The number of aliphatic carboxylic acids is 1. The van der Waals surface area contributed by atoms with Gasteiger partial charge in [-0.2, -0.15) is 0 Å². The number of carboxylic acid groups (broad SMARTS) is 1. The summed E-state index contributed by atoms with van der Waals surface area (Å²) in [5.41, 5.74) is 0. The molecule has 2 N–H and O–H groups in total. The molecule has 0 aliphatic heterocycles. The summed E-state index contributed by atoms with van der Waals surface area (Å²) in [7, 11) is 0. The minimum absolute atomic E-state index is 0.402. The highest BCUT2D eigenvalue weighted by atomic mass is 35.5. The molecule has 12 heavy (non-hydrogen) atoms. The number of rotatable bonds is 2. The van der Waals surface area contributed by atoms with Crippen molar-refractivity contribution >= 4 is 29.2 Å². The van der Waals surface area contributed by atoms with Crippen LogP contribution in [0.3, 0.4) is 0 Å². The van der Waals surface area contributed by atoms with E-state index in [0.717, 1.165) is 0 Å². The smallest absolute Gasteiger partial charge is 0.340 e. The molecule has 0 aromatic heterocycles. The molecule has 0 spiro atoms. The van der Waals surface area contributed by atoms with Gasteiger partial charge in [0.05, 0.1) is 6.10 Å². The summed E-state index contributed by atoms with van der Waals surface area (Å²) in [5, 5.41) is 17.9. The number of hydrogen-bond acceptors (Lipinski definition) is 2. The van der Waals surface area contributed by atoms with Gasteiger partial charge in [-0.3, -0.25) is 0 Å². The number of carboxylic acids is 1. The van der Waals surface area contributed by atoms with Crippen LogP contribution >= 0.6 is 23.2 Å². The summed E-state index contributed by atoms with van der Waals surface area (Å²) in [4.78, 5) is 10.5. The number of hydrogen-bond donors (Lipinski definition) is 2. The molecule has 0 aromatic carbocycles. The van der Waals surface area contributed by atoms with Gasteiger partial charge in [0.15, 0.2) is 0 Å².